The third kappa shape index (κ3) is 6.64. The van der Waals surface area contributed by atoms with Gasteiger partial charge < -0.3 is 18.9 Å². The van der Waals surface area contributed by atoms with Crippen molar-refractivity contribution in [1.82, 2.24) is 0 Å². The van der Waals surface area contributed by atoms with Gasteiger partial charge >= 0.3 is 0 Å². The van der Waals surface area contributed by atoms with Crippen LogP contribution >= 0.6 is 0 Å². The number of ketones is 1. The normalized spacial score (nSPS) is 31.8. The fourth-order valence-electron chi connectivity index (χ4n) is 4.59. The zero-order valence-electron chi connectivity index (χ0n) is 18.9. The van der Waals surface area contributed by atoms with Crippen molar-refractivity contribution in [3.05, 3.63) is 49.3 Å². The smallest absolute Gasteiger partial charge is 0.220 e. The lowest BCUT2D eigenvalue weighted by molar-refractivity contribution is -0.183. The van der Waals surface area contributed by atoms with E-state index in [0.717, 1.165) is 45.1 Å². The number of hydrogen-bond donors (Lipinski definition) is 0. The van der Waals surface area contributed by atoms with Crippen LogP contribution in [-0.4, -0.2) is 36.7 Å². The zero-order valence-corrected chi connectivity index (χ0v) is 18.9. The second-order valence-electron chi connectivity index (χ2n) is 8.64. The Morgan fingerprint density at radius 1 is 1.29 bits per heavy atom. The molecule has 5 heteroatoms. The van der Waals surface area contributed by atoms with Gasteiger partial charge in [-0.15, -0.1) is 6.58 Å². The highest BCUT2D eigenvalue weighted by Gasteiger charge is 2.50. The van der Waals surface area contributed by atoms with Crippen molar-refractivity contribution in [3.63, 3.8) is 0 Å². The van der Waals surface area contributed by atoms with E-state index in [4.69, 9.17) is 18.9 Å². The Morgan fingerprint density at radius 3 is 2.90 bits per heavy atom. The van der Waals surface area contributed by atoms with Crippen LogP contribution in [-0.2, 0) is 23.7 Å². The summed E-state index contributed by atoms with van der Waals surface area (Å²) in [6, 6.07) is 0. The van der Waals surface area contributed by atoms with E-state index in [1.165, 1.54) is 12.8 Å². The fraction of sp³-hybridized carbons (Fsp3) is 0.654. The van der Waals surface area contributed by atoms with Crippen LogP contribution in [0.15, 0.2) is 49.3 Å². The van der Waals surface area contributed by atoms with Gasteiger partial charge in [-0.25, -0.2) is 0 Å². The molecule has 0 spiro atoms. The van der Waals surface area contributed by atoms with E-state index in [2.05, 4.69) is 25.7 Å². The summed E-state index contributed by atoms with van der Waals surface area (Å²) in [5.74, 6) is 0.0816. The van der Waals surface area contributed by atoms with E-state index in [-0.39, 0.29) is 24.1 Å². The van der Waals surface area contributed by atoms with E-state index in [1.807, 2.05) is 12.2 Å². The standard InChI is InChI=1S/C26H38O5/c1-3-5-6-11-22(30-24-12-7-9-19-28-24)16-14-21-15-17-23(27)26(21,18-4-2)31-25-13-8-10-20-29-25/h4,8,10,13-14,16,20-22,24-25H,2-3,5-7,9,11-12,15,17-19H2,1H3/t21-,22?,24?,25?,26+/m1/s1. The molecule has 1 saturated heterocycles. The average Bonchev–Trinajstić information content (AvgIpc) is 3.08. The highest BCUT2D eigenvalue weighted by Crippen LogP contribution is 2.41. The Morgan fingerprint density at radius 2 is 2.19 bits per heavy atom. The minimum Gasteiger partial charge on any atom is -0.469 e. The molecule has 1 aliphatic carbocycles. The van der Waals surface area contributed by atoms with E-state index < -0.39 is 11.9 Å². The SMILES string of the molecule is C=CC[C@@]1(OC2C=CC=CO2)C(=O)CC[C@H]1C=CC(CCCCC)OC1CCCCO1. The first-order chi connectivity index (χ1) is 15.2. The summed E-state index contributed by atoms with van der Waals surface area (Å²) in [7, 11) is 0. The van der Waals surface area contributed by atoms with Gasteiger partial charge in [0.1, 0.15) is 5.60 Å². The maximum Gasteiger partial charge on any atom is 0.220 e. The van der Waals surface area contributed by atoms with Crippen molar-refractivity contribution in [3.8, 4) is 0 Å². The zero-order chi connectivity index (χ0) is 21.9. The summed E-state index contributed by atoms with van der Waals surface area (Å²) < 4.78 is 24.0. The van der Waals surface area contributed by atoms with Crippen LogP contribution in [0.3, 0.4) is 0 Å². The van der Waals surface area contributed by atoms with E-state index in [9.17, 15) is 4.79 Å². The summed E-state index contributed by atoms with van der Waals surface area (Å²) in [6.07, 6.45) is 21.8. The lowest BCUT2D eigenvalue weighted by Gasteiger charge is -2.35. The van der Waals surface area contributed by atoms with Gasteiger partial charge in [0.2, 0.25) is 6.29 Å². The van der Waals surface area contributed by atoms with Crippen LogP contribution in [0.2, 0.25) is 0 Å². The van der Waals surface area contributed by atoms with Crippen LogP contribution < -0.4 is 0 Å². The molecular formula is C26H38O5. The third-order valence-electron chi connectivity index (χ3n) is 6.31. The Kier molecular flexibility index (Phi) is 9.56. The third-order valence-corrected chi connectivity index (χ3v) is 6.31. The molecule has 31 heavy (non-hydrogen) atoms. The van der Waals surface area contributed by atoms with Crippen LogP contribution in [0.4, 0.5) is 0 Å². The Labute approximate surface area is 187 Å². The highest BCUT2D eigenvalue weighted by molar-refractivity contribution is 5.90. The summed E-state index contributed by atoms with van der Waals surface area (Å²) >= 11 is 0. The van der Waals surface area contributed by atoms with E-state index in [0.29, 0.717) is 12.8 Å². The van der Waals surface area contributed by atoms with Gasteiger partial charge in [0.15, 0.2) is 12.1 Å². The fourth-order valence-corrected chi connectivity index (χ4v) is 4.59. The Bertz CT molecular complexity index is 661. The number of unbranched alkanes of at least 4 members (excludes halogenated alkanes) is 2. The molecule has 0 aromatic carbocycles. The molecule has 0 radical (unpaired) electrons. The number of hydrogen-bond acceptors (Lipinski definition) is 5. The quantitative estimate of drug-likeness (QED) is 0.290. The molecule has 3 rings (SSSR count). The molecule has 0 amide bonds. The number of Topliss-reactive ketones (excluding diaryl/α,β-unsaturated/α-hetero) is 1. The van der Waals surface area contributed by atoms with E-state index in [1.54, 1.807) is 18.4 Å². The number of carbonyl (C=O) groups excluding carboxylic acids is 1. The number of carbonyl (C=O) groups is 1. The second-order valence-corrected chi connectivity index (χ2v) is 8.64. The number of rotatable bonds is 12. The molecule has 5 nitrogen and oxygen atoms in total. The first-order valence-electron chi connectivity index (χ1n) is 11.9. The molecule has 1 saturated carbocycles. The molecule has 0 N–H and O–H groups in total. The van der Waals surface area contributed by atoms with Crippen molar-refractivity contribution in [2.24, 2.45) is 5.92 Å². The van der Waals surface area contributed by atoms with Crippen LogP contribution in [0, 0.1) is 5.92 Å². The highest BCUT2D eigenvalue weighted by atomic mass is 16.7. The molecule has 3 unspecified atom stereocenters. The van der Waals surface area contributed by atoms with Crippen molar-refractivity contribution in [2.75, 3.05) is 6.61 Å². The van der Waals surface area contributed by atoms with Crippen molar-refractivity contribution in [2.45, 2.75) is 95.4 Å². The molecular weight excluding hydrogens is 392 g/mol. The molecule has 0 aromatic rings. The Hall–Kier alpha value is -1.69. The summed E-state index contributed by atoms with van der Waals surface area (Å²) in [6.45, 7) is 6.86. The van der Waals surface area contributed by atoms with Crippen LogP contribution in [0.1, 0.15) is 71.1 Å². The monoisotopic (exact) mass is 430 g/mol. The predicted molar refractivity (Wildman–Crippen MR) is 121 cm³/mol. The minimum absolute atomic E-state index is 0.0134. The van der Waals surface area contributed by atoms with Crippen LogP contribution in [0.25, 0.3) is 0 Å². The maximum atomic E-state index is 13.0. The van der Waals surface area contributed by atoms with Crippen molar-refractivity contribution >= 4 is 5.78 Å². The molecule has 2 fully saturated rings. The molecule has 0 aromatic heterocycles. The van der Waals surface area contributed by atoms with Gasteiger partial charge in [0.05, 0.1) is 12.4 Å². The molecule has 3 aliphatic rings. The molecule has 0 bridgehead atoms. The second kappa shape index (κ2) is 12.4. The van der Waals surface area contributed by atoms with Gasteiger partial charge in [0.25, 0.3) is 0 Å². The molecule has 2 heterocycles. The lowest BCUT2D eigenvalue weighted by atomic mass is 9.85. The molecule has 172 valence electrons. The van der Waals surface area contributed by atoms with Gasteiger partial charge in [-0.3, -0.25) is 4.79 Å². The summed E-state index contributed by atoms with van der Waals surface area (Å²) in [5.41, 5.74) is -0.937. The minimum atomic E-state index is -0.937. The van der Waals surface area contributed by atoms with E-state index >= 15 is 0 Å². The number of ether oxygens (including phenoxy) is 4. The number of allylic oxidation sites excluding steroid dienone is 2. The van der Waals surface area contributed by atoms with Crippen LogP contribution in [0.5, 0.6) is 0 Å². The predicted octanol–water partition coefficient (Wildman–Crippen LogP) is 5.77. The van der Waals surface area contributed by atoms with Gasteiger partial charge in [0, 0.05) is 25.4 Å². The first kappa shape index (κ1) is 24.0. The van der Waals surface area contributed by atoms with Crippen molar-refractivity contribution in [1.29, 1.82) is 0 Å². The average molecular weight is 431 g/mol. The molecule has 5 atom stereocenters. The molecule has 2 aliphatic heterocycles. The van der Waals surface area contributed by atoms with Gasteiger partial charge in [-0.2, -0.15) is 0 Å². The summed E-state index contributed by atoms with van der Waals surface area (Å²) in [5, 5.41) is 0. The topological polar surface area (TPSA) is 54.0 Å². The van der Waals surface area contributed by atoms with Crippen molar-refractivity contribution < 1.29 is 23.7 Å². The lowest BCUT2D eigenvalue weighted by Crippen LogP contribution is -2.45. The Balaban J connectivity index is 1.72. The maximum absolute atomic E-state index is 13.0. The first-order valence-corrected chi connectivity index (χ1v) is 11.9. The summed E-state index contributed by atoms with van der Waals surface area (Å²) in [4.78, 5) is 13.0. The largest absolute Gasteiger partial charge is 0.469 e. The van der Waals surface area contributed by atoms with Gasteiger partial charge in [-0.1, -0.05) is 50.5 Å². The van der Waals surface area contributed by atoms with Gasteiger partial charge in [-0.05, 0) is 44.3 Å².